The van der Waals surface area contributed by atoms with Gasteiger partial charge in [-0.2, -0.15) is 0 Å². The van der Waals surface area contributed by atoms with Gasteiger partial charge in [0.1, 0.15) is 5.69 Å². The quantitative estimate of drug-likeness (QED) is 0.256. The molecule has 8 N–H and O–H groups in total. The first-order valence-corrected chi connectivity index (χ1v) is 6.44. The molecule has 0 atom stereocenters. The topological polar surface area (TPSA) is 123 Å². The van der Waals surface area contributed by atoms with E-state index in [1.807, 2.05) is 32.0 Å². The number of aryl methyl sites for hydroxylation is 2. The first-order valence-electron chi connectivity index (χ1n) is 6.44. The molecule has 0 bridgehead atoms. The summed E-state index contributed by atoms with van der Waals surface area (Å²) in [5.74, 6) is -0.127. The van der Waals surface area contributed by atoms with Crippen molar-refractivity contribution in [3.05, 3.63) is 41.5 Å². The Kier molecular flexibility index (Phi) is 4.00. The molecule has 0 fully saturated rings. The summed E-state index contributed by atoms with van der Waals surface area (Å²) in [4.78, 5) is 3.93. The van der Waals surface area contributed by atoms with Crippen molar-refractivity contribution >= 4 is 23.0 Å². The smallest absolute Gasteiger partial charge is 0.191 e. The van der Waals surface area contributed by atoms with Crippen molar-refractivity contribution in [1.82, 2.24) is 0 Å². The minimum absolute atomic E-state index is 0.127. The maximum absolute atomic E-state index is 9.31. The number of aliphatic imine (C=N–C) groups is 1. The molecule has 6 nitrogen and oxygen atoms in total. The summed E-state index contributed by atoms with van der Waals surface area (Å²) in [7, 11) is 0. The molecule has 2 aromatic rings. The van der Waals surface area contributed by atoms with Crippen LogP contribution < -0.4 is 22.7 Å². The number of rotatable bonds is 3. The summed E-state index contributed by atoms with van der Waals surface area (Å²) in [6, 6.07) is 9.59. The van der Waals surface area contributed by atoms with Gasteiger partial charge in [0.05, 0.1) is 11.4 Å². The number of nitrogens with two attached hydrogens (primary N) is 3. The number of guanidine groups is 1. The average Bonchev–Trinajstić information content (AvgIpc) is 2.40. The van der Waals surface area contributed by atoms with E-state index >= 15 is 0 Å². The van der Waals surface area contributed by atoms with Crippen LogP contribution in [0.1, 0.15) is 11.1 Å². The summed E-state index contributed by atoms with van der Waals surface area (Å²) in [6.07, 6.45) is 0. The Labute approximate surface area is 123 Å². The predicted molar refractivity (Wildman–Crippen MR) is 86.6 cm³/mol. The van der Waals surface area contributed by atoms with Gasteiger partial charge < -0.3 is 17.2 Å². The largest absolute Gasteiger partial charge is 0.397 e. The standard InChI is InChI=1S/C15H19N5O/c1-8-4-3-5-9(2)13(8)10-6-11(16)14(19-15(17)18)12(7-10)20-21/h3-7,20-21H,16H2,1-2H3,(H4,17,18,19). The molecule has 21 heavy (non-hydrogen) atoms. The highest BCUT2D eigenvalue weighted by Crippen LogP contribution is 2.38. The first kappa shape index (κ1) is 14.7. The molecule has 110 valence electrons. The zero-order valence-electron chi connectivity index (χ0n) is 12.0. The summed E-state index contributed by atoms with van der Waals surface area (Å²) < 4.78 is 0. The molecule has 0 unspecified atom stereocenters. The second kappa shape index (κ2) is 5.72. The summed E-state index contributed by atoms with van der Waals surface area (Å²) in [6.45, 7) is 4.04. The highest BCUT2D eigenvalue weighted by atomic mass is 16.5. The SMILES string of the molecule is Cc1cccc(C)c1-c1cc(N)c(N=C(N)N)c(NO)c1. The lowest BCUT2D eigenvalue weighted by molar-refractivity contribution is 0.389. The number of nitrogen functional groups attached to an aromatic ring is 1. The Morgan fingerprint density at radius 3 is 2.29 bits per heavy atom. The van der Waals surface area contributed by atoms with Gasteiger partial charge in [-0.3, -0.25) is 10.7 Å². The van der Waals surface area contributed by atoms with Gasteiger partial charge in [0.25, 0.3) is 0 Å². The van der Waals surface area contributed by atoms with Crippen molar-refractivity contribution in [2.45, 2.75) is 13.8 Å². The zero-order chi connectivity index (χ0) is 15.6. The fraction of sp³-hybridized carbons (Fsp3) is 0.133. The molecular formula is C15H19N5O. The van der Waals surface area contributed by atoms with Crippen LogP contribution in [0.25, 0.3) is 11.1 Å². The number of nitrogens with zero attached hydrogens (tertiary/aromatic N) is 1. The summed E-state index contributed by atoms with van der Waals surface area (Å²) in [5.41, 5.74) is 24.1. The maximum Gasteiger partial charge on any atom is 0.191 e. The van der Waals surface area contributed by atoms with Crippen molar-refractivity contribution in [3.63, 3.8) is 0 Å². The third-order valence-corrected chi connectivity index (χ3v) is 3.27. The summed E-state index contributed by atoms with van der Waals surface area (Å²) in [5, 5.41) is 9.31. The Morgan fingerprint density at radius 2 is 1.76 bits per heavy atom. The van der Waals surface area contributed by atoms with E-state index in [2.05, 4.69) is 10.5 Å². The molecule has 0 spiro atoms. The van der Waals surface area contributed by atoms with Gasteiger partial charge in [-0.1, -0.05) is 18.2 Å². The molecular weight excluding hydrogens is 266 g/mol. The molecule has 0 saturated heterocycles. The van der Waals surface area contributed by atoms with Gasteiger partial charge in [-0.05, 0) is 48.2 Å². The number of nitrogens with one attached hydrogen (secondary N) is 1. The van der Waals surface area contributed by atoms with E-state index in [-0.39, 0.29) is 5.96 Å². The number of benzene rings is 2. The van der Waals surface area contributed by atoms with E-state index in [0.717, 1.165) is 22.3 Å². The normalized spacial score (nSPS) is 10.2. The highest BCUT2D eigenvalue weighted by Gasteiger charge is 2.12. The van der Waals surface area contributed by atoms with Crippen LogP contribution in [-0.2, 0) is 0 Å². The van der Waals surface area contributed by atoms with Crippen molar-refractivity contribution in [1.29, 1.82) is 0 Å². The van der Waals surface area contributed by atoms with Gasteiger partial charge >= 0.3 is 0 Å². The van der Waals surface area contributed by atoms with Crippen molar-refractivity contribution in [2.75, 3.05) is 11.2 Å². The molecule has 2 aromatic carbocycles. The van der Waals surface area contributed by atoms with Gasteiger partial charge in [0.15, 0.2) is 5.96 Å². The minimum Gasteiger partial charge on any atom is -0.397 e. The van der Waals surface area contributed by atoms with Crippen molar-refractivity contribution in [3.8, 4) is 11.1 Å². The van der Waals surface area contributed by atoms with Crippen LogP contribution in [0.2, 0.25) is 0 Å². The van der Waals surface area contributed by atoms with Gasteiger partial charge in [0, 0.05) is 0 Å². The second-order valence-corrected chi connectivity index (χ2v) is 4.88. The number of hydrogen-bond acceptors (Lipinski definition) is 4. The van der Waals surface area contributed by atoms with Gasteiger partial charge in [0.2, 0.25) is 0 Å². The van der Waals surface area contributed by atoms with Crippen LogP contribution in [0, 0.1) is 13.8 Å². The minimum atomic E-state index is -0.127. The average molecular weight is 285 g/mol. The third kappa shape index (κ3) is 2.90. The predicted octanol–water partition coefficient (Wildman–Crippen LogP) is 2.26. The Balaban J connectivity index is 2.68. The lowest BCUT2D eigenvalue weighted by atomic mass is 9.94. The van der Waals surface area contributed by atoms with Crippen molar-refractivity contribution < 1.29 is 5.21 Å². The molecule has 2 rings (SSSR count). The Bertz CT molecular complexity index is 685. The van der Waals surface area contributed by atoms with Crippen LogP contribution in [-0.4, -0.2) is 11.2 Å². The molecule has 0 saturated carbocycles. The zero-order valence-corrected chi connectivity index (χ0v) is 12.0. The fourth-order valence-electron chi connectivity index (χ4n) is 2.41. The Hall–Kier alpha value is -2.73. The lowest BCUT2D eigenvalue weighted by Gasteiger charge is -2.14. The Morgan fingerprint density at radius 1 is 1.14 bits per heavy atom. The van der Waals surface area contributed by atoms with Crippen molar-refractivity contribution in [2.24, 2.45) is 16.5 Å². The van der Waals surface area contributed by atoms with E-state index in [4.69, 9.17) is 17.2 Å². The van der Waals surface area contributed by atoms with Crippen LogP contribution in [0.4, 0.5) is 17.1 Å². The van der Waals surface area contributed by atoms with Gasteiger partial charge in [-0.25, -0.2) is 4.99 Å². The fourth-order valence-corrected chi connectivity index (χ4v) is 2.41. The van der Waals surface area contributed by atoms with Crippen LogP contribution in [0.5, 0.6) is 0 Å². The first-order chi connectivity index (χ1) is 9.93. The van der Waals surface area contributed by atoms with E-state index in [0.29, 0.717) is 17.1 Å². The van der Waals surface area contributed by atoms with Crippen LogP contribution in [0.15, 0.2) is 35.3 Å². The van der Waals surface area contributed by atoms with E-state index in [1.54, 1.807) is 12.1 Å². The van der Waals surface area contributed by atoms with E-state index in [9.17, 15) is 5.21 Å². The molecule has 0 aromatic heterocycles. The number of anilines is 2. The molecule has 6 heteroatoms. The molecule has 0 radical (unpaired) electrons. The summed E-state index contributed by atoms with van der Waals surface area (Å²) >= 11 is 0. The van der Waals surface area contributed by atoms with E-state index < -0.39 is 0 Å². The second-order valence-electron chi connectivity index (χ2n) is 4.88. The van der Waals surface area contributed by atoms with Crippen LogP contribution in [0.3, 0.4) is 0 Å². The molecule has 0 aliphatic heterocycles. The molecule has 0 aliphatic carbocycles. The molecule has 0 amide bonds. The highest BCUT2D eigenvalue weighted by molar-refractivity contribution is 5.90. The van der Waals surface area contributed by atoms with E-state index in [1.165, 1.54) is 0 Å². The monoisotopic (exact) mass is 285 g/mol. The molecule has 0 heterocycles. The van der Waals surface area contributed by atoms with Gasteiger partial charge in [-0.15, -0.1) is 0 Å². The maximum atomic E-state index is 9.31. The molecule has 0 aliphatic rings. The third-order valence-electron chi connectivity index (χ3n) is 3.27. The lowest BCUT2D eigenvalue weighted by Crippen LogP contribution is -2.22. The van der Waals surface area contributed by atoms with Crippen LogP contribution >= 0.6 is 0 Å². The number of hydrogen-bond donors (Lipinski definition) is 5.